The predicted octanol–water partition coefficient (Wildman–Crippen LogP) is 2.36. The molecule has 0 bridgehead atoms. The highest BCUT2D eigenvalue weighted by atomic mass is 16.3. The van der Waals surface area contributed by atoms with Gasteiger partial charge in [-0.15, -0.1) is 0 Å². The molecule has 0 radical (unpaired) electrons. The molecule has 1 aliphatic carbocycles. The maximum atomic E-state index is 10.9. The van der Waals surface area contributed by atoms with Gasteiger partial charge in [0.1, 0.15) is 0 Å². The molecule has 2 N–H and O–H groups in total. The number of aliphatic hydroxyl groups is 1. The van der Waals surface area contributed by atoms with Gasteiger partial charge in [0, 0.05) is 6.54 Å². The molecule has 2 aliphatic rings. The van der Waals surface area contributed by atoms with E-state index in [1.165, 1.54) is 19.3 Å². The van der Waals surface area contributed by atoms with Crippen molar-refractivity contribution < 1.29 is 5.11 Å². The van der Waals surface area contributed by atoms with E-state index in [0.717, 1.165) is 45.1 Å². The van der Waals surface area contributed by atoms with Gasteiger partial charge in [-0.3, -0.25) is 0 Å². The number of hydrogen-bond acceptors (Lipinski definition) is 3. The molecule has 1 atom stereocenters. The van der Waals surface area contributed by atoms with Crippen LogP contribution in [0.2, 0.25) is 0 Å². The van der Waals surface area contributed by atoms with Crippen LogP contribution in [0.3, 0.4) is 0 Å². The fourth-order valence-electron chi connectivity index (χ4n) is 3.49. The third-order valence-electron chi connectivity index (χ3n) is 4.67. The van der Waals surface area contributed by atoms with E-state index in [9.17, 15) is 10.4 Å². The minimum absolute atomic E-state index is 0.499. The van der Waals surface area contributed by atoms with Crippen molar-refractivity contribution in [2.24, 2.45) is 5.41 Å². The van der Waals surface area contributed by atoms with E-state index in [1.807, 2.05) is 0 Å². The summed E-state index contributed by atoms with van der Waals surface area (Å²) in [7, 11) is 0. The number of hydrogen-bond donors (Lipinski definition) is 2. The first-order valence-corrected chi connectivity index (χ1v) is 7.07. The molecule has 1 aliphatic heterocycles. The minimum atomic E-state index is -0.794. The van der Waals surface area contributed by atoms with Crippen LogP contribution in [-0.2, 0) is 0 Å². The molecule has 2 rings (SSSR count). The van der Waals surface area contributed by atoms with Crippen LogP contribution in [0.1, 0.15) is 57.8 Å². The van der Waals surface area contributed by atoms with Gasteiger partial charge in [0.05, 0.1) is 17.1 Å². The fourth-order valence-corrected chi connectivity index (χ4v) is 3.49. The molecule has 96 valence electrons. The van der Waals surface area contributed by atoms with Crippen molar-refractivity contribution in [2.75, 3.05) is 13.1 Å². The van der Waals surface area contributed by atoms with Crippen molar-refractivity contribution in [1.82, 2.24) is 5.32 Å². The lowest BCUT2D eigenvalue weighted by molar-refractivity contribution is -0.0824. The molecule has 1 heterocycles. The summed E-state index contributed by atoms with van der Waals surface area (Å²) in [5, 5.41) is 23.8. The topological polar surface area (TPSA) is 56.0 Å². The van der Waals surface area contributed by atoms with Crippen molar-refractivity contribution in [3.05, 3.63) is 0 Å². The smallest absolute Gasteiger partial charge is 0.0957 e. The van der Waals surface area contributed by atoms with Crippen LogP contribution in [-0.4, -0.2) is 23.8 Å². The lowest BCUT2D eigenvalue weighted by Crippen LogP contribution is -2.57. The molecule has 0 aromatic rings. The summed E-state index contributed by atoms with van der Waals surface area (Å²) < 4.78 is 0. The van der Waals surface area contributed by atoms with Gasteiger partial charge in [-0.05, 0) is 32.2 Å². The molecular formula is C14H24N2O. The Morgan fingerprint density at radius 2 is 1.59 bits per heavy atom. The summed E-state index contributed by atoms with van der Waals surface area (Å²) in [5.41, 5.74) is -1.29. The molecule has 0 amide bonds. The maximum Gasteiger partial charge on any atom is 0.0957 e. The zero-order valence-electron chi connectivity index (χ0n) is 10.7. The van der Waals surface area contributed by atoms with Crippen LogP contribution in [0, 0.1) is 16.7 Å². The van der Waals surface area contributed by atoms with Gasteiger partial charge in [-0.2, -0.15) is 5.26 Å². The Balaban J connectivity index is 2.18. The molecule has 0 aromatic heterocycles. The second-order valence-electron chi connectivity index (χ2n) is 5.77. The van der Waals surface area contributed by atoms with Gasteiger partial charge in [0.25, 0.3) is 0 Å². The van der Waals surface area contributed by atoms with Crippen LogP contribution in [0.4, 0.5) is 0 Å². The molecule has 1 saturated carbocycles. The normalized spacial score (nSPS) is 34.4. The predicted molar refractivity (Wildman–Crippen MR) is 67.4 cm³/mol. The van der Waals surface area contributed by atoms with Crippen LogP contribution >= 0.6 is 0 Å². The van der Waals surface area contributed by atoms with Gasteiger partial charge in [0.15, 0.2) is 0 Å². The molecular weight excluding hydrogens is 212 g/mol. The average molecular weight is 236 g/mol. The molecule has 2 fully saturated rings. The Hall–Kier alpha value is -0.590. The Labute approximate surface area is 104 Å². The molecule has 0 aromatic carbocycles. The number of nitrogens with one attached hydrogen (secondary N) is 1. The highest BCUT2D eigenvalue weighted by Gasteiger charge is 2.50. The number of rotatable bonds is 1. The Bertz CT molecular complexity index is 281. The monoisotopic (exact) mass is 236 g/mol. The zero-order valence-corrected chi connectivity index (χ0v) is 10.7. The lowest BCUT2D eigenvalue weighted by Gasteiger charge is -2.46. The van der Waals surface area contributed by atoms with Gasteiger partial charge in [0.2, 0.25) is 0 Å². The van der Waals surface area contributed by atoms with E-state index >= 15 is 0 Å². The Morgan fingerprint density at radius 3 is 2.12 bits per heavy atom. The van der Waals surface area contributed by atoms with Gasteiger partial charge < -0.3 is 10.4 Å². The minimum Gasteiger partial charge on any atom is -0.387 e. The highest BCUT2D eigenvalue weighted by Crippen LogP contribution is 2.45. The molecule has 3 nitrogen and oxygen atoms in total. The summed E-state index contributed by atoms with van der Waals surface area (Å²) in [6.45, 7) is 1.57. The van der Waals surface area contributed by atoms with Crippen molar-refractivity contribution >= 4 is 0 Å². The van der Waals surface area contributed by atoms with Crippen LogP contribution in [0.15, 0.2) is 0 Å². The SMILES string of the molecule is N#CC1(C2(O)CCCNC2)CCCCCCC1. The molecule has 1 saturated heterocycles. The molecule has 3 heteroatoms. The number of nitriles is 1. The molecule has 1 unspecified atom stereocenters. The van der Waals surface area contributed by atoms with Crippen molar-refractivity contribution in [2.45, 2.75) is 63.4 Å². The van der Waals surface area contributed by atoms with Crippen molar-refractivity contribution in [3.63, 3.8) is 0 Å². The van der Waals surface area contributed by atoms with Crippen LogP contribution < -0.4 is 5.32 Å². The Kier molecular flexibility index (Phi) is 4.06. The van der Waals surface area contributed by atoms with E-state index in [-0.39, 0.29) is 0 Å². The zero-order chi connectivity index (χ0) is 12.2. The summed E-state index contributed by atoms with van der Waals surface area (Å²) in [6, 6.07) is 2.51. The second kappa shape index (κ2) is 5.37. The Morgan fingerprint density at radius 1 is 0.941 bits per heavy atom. The first kappa shape index (κ1) is 12.9. The van der Waals surface area contributed by atoms with E-state index < -0.39 is 11.0 Å². The van der Waals surface area contributed by atoms with Gasteiger partial charge in [-0.1, -0.05) is 32.1 Å². The quantitative estimate of drug-likeness (QED) is 0.735. The largest absolute Gasteiger partial charge is 0.387 e. The fraction of sp³-hybridized carbons (Fsp3) is 0.929. The lowest BCUT2D eigenvalue weighted by atomic mass is 9.63. The van der Waals surface area contributed by atoms with Crippen LogP contribution in [0.5, 0.6) is 0 Å². The van der Waals surface area contributed by atoms with E-state index in [4.69, 9.17) is 0 Å². The van der Waals surface area contributed by atoms with E-state index in [2.05, 4.69) is 11.4 Å². The van der Waals surface area contributed by atoms with Crippen LogP contribution in [0.25, 0.3) is 0 Å². The van der Waals surface area contributed by atoms with Gasteiger partial charge in [-0.25, -0.2) is 0 Å². The number of β-amino-alcohol motifs (C(OH)–C–C–N with tert-alkyl or cyclic N) is 1. The van der Waals surface area contributed by atoms with E-state index in [0.29, 0.717) is 6.54 Å². The third kappa shape index (κ3) is 2.48. The average Bonchev–Trinajstić information content (AvgIpc) is 2.30. The highest BCUT2D eigenvalue weighted by molar-refractivity contribution is 5.13. The van der Waals surface area contributed by atoms with Crippen molar-refractivity contribution in [1.29, 1.82) is 5.26 Å². The summed E-state index contributed by atoms with van der Waals surface area (Å²) in [5.74, 6) is 0. The van der Waals surface area contributed by atoms with E-state index in [1.54, 1.807) is 0 Å². The number of nitrogens with zero attached hydrogens (tertiary/aromatic N) is 1. The van der Waals surface area contributed by atoms with Crippen molar-refractivity contribution in [3.8, 4) is 6.07 Å². The standard InChI is InChI=1S/C14H24N2O/c15-11-13(7-4-2-1-3-5-8-13)14(17)9-6-10-16-12-14/h16-17H,1-10,12H2. The van der Waals surface area contributed by atoms with Gasteiger partial charge >= 0.3 is 0 Å². The summed E-state index contributed by atoms with van der Waals surface area (Å²) in [4.78, 5) is 0. The first-order valence-electron chi connectivity index (χ1n) is 7.07. The molecule has 17 heavy (non-hydrogen) atoms. The number of piperidine rings is 1. The first-order chi connectivity index (χ1) is 8.22. The third-order valence-corrected chi connectivity index (χ3v) is 4.67. The second-order valence-corrected chi connectivity index (χ2v) is 5.77. The summed E-state index contributed by atoms with van der Waals surface area (Å²) >= 11 is 0. The summed E-state index contributed by atoms with van der Waals surface area (Å²) in [6.07, 6.45) is 9.43. The molecule has 0 spiro atoms. The maximum absolute atomic E-state index is 10.9.